The number of alkyl halides is 3. The van der Waals surface area contributed by atoms with Gasteiger partial charge >= 0.3 is 12.1 Å². The molecule has 0 saturated carbocycles. The Morgan fingerprint density at radius 2 is 2.20 bits per heavy atom. The molecule has 0 aromatic rings. The largest absolute Gasteiger partial charge is 0.480 e. The Morgan fingerprint density at radius 3 is 2.53 bits per heavy atom. The molecule has 0 aromatic carbocycles. The zero-order valence-electron chi connectivity index (χ0n) is 8.42. The van der Waals surface area contributed by atoms with Crippen molar-refractivity contribution in [1.82, 2.24) is 4.90 Å². The fraction of sp³-hybridized carbons (Fsp3) is 0.889. The van der Waals surface area contributed by atoms with Crippen molar-refractivity contribution in [3.05, 3.63) is 0 Å². The Labute approximate surface area is 85.9 Å². The molecule has 0 radical (unpaired) electrons. The summed E-state index contributed by atoms with van der Waals surface area (Å²) in [6.45, 7) is 1.70. The van der Waals surface area contributed by atoms with Crippen LogP contribution in [0.3, 0.4) is 0 Å². The van der Waals surface area contributed by atoms with Gasteiger partial charge in [0.1, 0.15) is 6.04 Å². The molecule has 1 aliphatic rings. The van der Waals surface area contributed by atoms with Crippen molar-refractivity contribution in [2.24, 2.45) is 5.92 Å². The van der Waals surface area contributed by atoms with E-state index in [0.29, 0.717) is 6.42 Å². The molecule has 0 aromatic heterocycles. The molecule has 0 bridgehead atoms. The van der Waals surface area contributed by atoms with E-state index in [-0.39, 0.29) is 19.5 Å². The van der Waals surface area contributed by atoms with E-state index in [4.69, 9.17) is 5.11 Å². The van der Waals surface area contributed by atoms with E-state index in [2.05, 4.69) is 0 Å². The van der Waals surface area contributed by atoms with Gasteiger partial charge in [-0.2, -0.15) is 13.2 Å². The van der Waals surface area contributed by atoms with Crippen molar-refractivity contribution in [2.75, 3.05) is 13.1 Å². The molecule has 6 heteroatoms. The molecule has 1 N–H and O–H groups in total. The van der Waals surface area contributed by atoms with Gasteiger partial charge in [0, 0.05) is 6.54 Å². The predicted octanol–water partition coefficient (Wildman–Crippen LogP) is 1.73. The van der Waals surface area contributed by atoms with Gasteiger partial charge in [-0.25, -0.2) is 0 Å². The summed E-state index contributed by atoms with van der Waals surface area (Å²) in [6.07, 6.45) is -3.86. The number of carbonyl (C=O) groups is 1. The molecule has 2 atom stereocenters. The highest BCUT2D eigenvalue weighted by Crippen LogP contribution is 2.34. The third kappa shape index (κ3) is 2.84. The van der Waals surface area contributed by atoms with E-state index in [1.165, 1.54) is 4.90 Å². The van der Waals surface area contributed by atoms with Crippen LogP contribution in [0, 0.1) is 5.92 Å². The number of likely N-dealkylation sites (tertiary alicyclic amines) is 1. The van der Waals surface area contributed by atoms with Crippen LogP contribution in [-0.2, 0) is 4.79 Å². The zero-order chi connectivity index (χ0) is 11.6. The van der Waals surface area contributed by atoms with E-state index < -0.39 is 24.1 Å². The van der Waals surface area contributed by atoms with Gasteiger partial charge in [0.2, 0.25) is 0 Å². The highest BCUT2D eigenvalue weighted by atomic mass is 19.4. The fourth-order valence-electron chi connectivity index (χ4n) is 1.93. The molecule has 1 aliphatic heterocycles. The first-order valence-corrected chi connectivity index (χ1v) is 4.89. The number of hydrogen-bond acceptors (Lipinski definition) is 2. The maximum atomic E-state index is 12.3. The molecule has 0 amide bonds. The number of carboxylic acids is 1. The summed E-state index contributed by atoms with van der Waals surface area (Å²) in [7, 11) is 0. The number of halogens is 3. The van der Waals surface area contributed by atoms with Crippen molar-refractivity contribution in [3.8, 4) is 0 Å². The lowest BCUT2D eigenvalue weighted by molar-refractivity contribution is -0.172. The molecule has 0 spiro atoms. The van der Waals surface area contributed by atoms with Crippen molar-refractivity contribution in [1.29, 1.82) is 0 Å². The van der Waals surface area contributed by atoms with E-state index in [1.54, 1.807) is 6.92 Å². The van der Waals surface area contributed by atoms with Crippen molar-refractivity contribution in [3.63, 3.8) is 0 Å². The number of carboxylic acid groups (broad SMARTS) is 1. The Balaban J connectivity index is 2.59. The van der Waals surface area contributed by atoms with Crippen LogP contribution in [0.4, 0.5) is 13.2 Å². The third-order valence-corrected chi connectivity index (χ3v) is 2.80. The molecule has 0 unspecified atom stereocenters. The summed E-state index contributed by atoms with van der Waals surface area (Å²) in [5.74, 6) is -2.41. The van der Waals surface area contributed by atoms with Crippen LogP contribution in [0.1, 0.15) is 19.8 Å². The van der Waals surface area contributed by atoms with Crippen molar-refractivity contribution >= 4 is 5.97 Å². The van der Waals surface area contributed by atoms with Crippen LogP contribution in [0.15, 0.2) is 0 Å². The van der Waals surface area contributed by atoms with E-state index >= 15 is 0 Å². The van der Waals surface area contributed by atoms with Crippen molar-refractivity contribution in [2.45, 2.75) is 32.0 Å². The topological polar surface area (TPSA) is 40.5 Å². The van der Waals surface area contributed by atoms with E-state index in [0.717, 1.165) is 0 Å². The fourth-order valence-corrected chi connectivity index (χ4v) is 1.93. The van der Waals surface area contributed by atoms with Crippen LogP contribution < -0.4 is 0 Å². The number of hydrogen-bond donors (Lipinski definition) is 1. The van der Waals surface area contributed by atoms with Gasteiger partial charge in [-0.1, -0.05) is 6.92 Å². The monoisotopic (exact) mass is 225 g/mol. The van der Waals surface area contributed by atoms with Gasteiger partial charge in [-0.3, -0.25) is 9.69 Å². The van der Waals surface area contributed by atoms with Crippen LogP contribution in [0.2, 0.25) is 0 Å². The maximum absolute atomic E-state index is 12.3. The van der Waals surface area contributed by atoms with Gasteiger partial charge in [0.25, 0.3) is 0 Å². The molecule has 1 fully saturated rings. The average Bonchev–Trinajstić information content (AvgIpc) is 2.52. The second-order valence-corrected chi connectivity index (χ2v) is 3.78. The first kappa shape index (κ1) is 12.3. The molecule has 1 heterocycles. The normalized spacial score (nSPS) is 25.5. The SMILES string of the molecule is CC[C@@H](C(=O)O)N1CC[C@H](C(F)(F)F)C1. The third-order valence-electron chi connectivity index (χ3n) is 2.80. The minimum Gasteiger partial charge on any atom is -0.480 e. The Hall–Kier alpha value is -0.780. The zero-order valence-corrected chi connectivity index (χ0v) is 8.42. The highest BCUT2D eigenvalue weighted by molar-refractivity contribution is 5.73. The van der Waals surface area contributed by atoms with Gasteiger partial charge in [0.05, 0.1) is 5.92 Å². The molecular weight excluding hydrogens is 211 g/mol. The molecule has 1 rings (SSSR count). The molecular formula is C9H14F3NO2. The maximum Gasteiger partial charge on any atom is 0.393 e. The summed E-state index contributed by atoms with van der Waals surface area (Å²) in [4.78, 5) is 12.2. The van der Waals surface area contributed by atoms with Gasteiger partial charge in [-0.05, 0) is 19.4 Å². The Morgan fingerprint density at radius 1 is 1.60 bits per heavy atom. The number of nitrogens with zero attached hydrogens (tertiary/aromatic N) is 1. The van der Waals surface area contributed by atoms with Gasteiger partial charge in [-0.15, -0.1) is 0 Å². The molecule has 1 saturated heterocycles. The summed E-state index contributed by atoms with van der Waals surface area (Å²) >= 11 is 0. The number of rotatable bonds is 3. The Kier molecular flexibility index (Phi) is 3.59. The van der Waals surface area contributed by atoms with E-state index in [9.17, 15) is 18.0 Å². The lowest BCUT2D eigenvalue weighted by Gasteiger charge is -2.23. The lowest BCUT2D eigenvalue weighted by atomic mass is 10.1. The first-order valence-electron chi connectivity index (χ1n) is 4.89. The lowest BCUT2D eigenvalue weighted by Crippen LogP contribution is -2.40. The highest BCUT2D eigenvalue weighted by Gasteiger charge is 2.45. The van der Waals surface area contributed by atoms with Gasteiger partial charge < -0.3 is 5.11 Å². The summed E-state index contributed by atoms with van der Waals surface area (Å²) in [6, 6.07) is -0.780. The van der Waals surface area contributed by atoms with Crippen LogP contribution in [0.25, 0.3) is 0 Å². The molecule has 88 valence electrons. The predicted molar refractivity (Wildman–Crippen MR) is 47.4 cm³/mol. The summed E-state index contributed by atoms with van der Waals surface area (Å²) in [5.41, 5.74) is 0. The van der Waals surface area contributed by atoms with Crippen LogP contribution in [-0.4, -0.2) is 41.3 Å². The molecule has 15 heavy (non-hydrogen) atoms. The van der Waals surface area contributed by atoms with Gasteiger partial charge in [0.15, 0.2) is 0 Å². The molecule has 3 nitrogen and oxygen atoms in total. The second-order valence-electron chi connectivity index (χ2n) is 3.78. The van der Waals surface area contributed by atoms with Crippen molar-refractivity contribution < 1.29 is 23.1 Å². The quantitative estimate of drug-likeness (QED) is 0.795. The Bertz CT molecular complexity index is 242. The van der Waals surface area contributed by atoms with Crippen LogP contribution in [0.5, 0.6) is 0 Å². The molecule has 0 aliphatic carbocycles. The summed E-state index contributed by atoms with van der Waals surface area (Å²) < 4.78 is 37.0. The second kappa shape index (κ2) is 4.38. The summed E-state index contributed by atoms with van der Waals surface area (Å²) in [5, 5.41) is 8.80. The smallest absolute Gasteiger partial charge is 0.393 e. The standard InChI is InChI=1S/C9H14F3NO2/c1-2-7(8(14)15)13-4-3-6(5-13)9(10,11)12/h6-7H,2-5H2,1H3,(H,14,15)/t6-,7-/m0/s1. The first-order chi connectivity index (χ1) is 6.86. The van der Waals surface area contributed by atoms with Crippen LogP contribution >= 0.6 is 0 Å². The minimum atomic E-state index is -4.20. The number of aliphatic carboxylic acids is 1. The minimum absolute atomic E-state index is 0.00722. The van der Waals surface area contributed by atoms with E-state index in [1.807, 2.05) is 0 Å². The average molecular weight is 225 g/mol.